The van der Waals surface area contributed by atoms with Gasteiger partial charge in [0.05, 0.1) is 0 Å². The van der Waals surface area contributed by atoms with Gasteiger partial charge in [-0.05, 0) is 18.9 Å². The minimum atomic E-state index is -0.213. The lowest BCUT2D eigenvalue weighted by Gasteiger charge is -2.27. The summed E-state index contributed by atoms with van der Waals surface area (Å²) in [4.78, 5) is 14.2. The van der Waals surface area contributed by atoms with E-state index >= 15 is 0 Å². The first-order chi connectivity index (χ1) is 8.70. The number of nitrogens with two attached hydrogens (primary N) is 1. The van der Waals surface area contributed by atoms with Crippen LogP contribution in [0.3, 0.4) is 0 Å². The van der Waals surface area contributed by atoms with Crippen molar-refractivity contribution in [1.29, 1.82) is 0 Å². The van der Waals surface area contributed by atoms with Crippen LogP contribution in [0.2, 0.25) is 0 Å². The van der Waals surface area contributed by atoms with E-state index in [0.717, 1.165) is 19.5 Å². The van der Waals surface area contributed by atoms with Crippen molar-refractivity contribution in [3.05, 3.63) is 35.9 Å². The van der Waals surface area contributed by atoms with Gasteiger partial charge in [-0.2, -0.15) is 0 Å². The molecule has 4 heteroatoms. The first kappa shape index (κ1) is 13.1. The van der Waals surface area contributed by atoms with E-state index < -0.39 is 0 Å². The molecule has 2 unspecified atom stereocenters. The summed E-state index contributed by atoms with van der Waals surface area (Å²) >= 11 is 0. The molecule has 0 bridgehead atoms. The highest BCUT2D eigenvalue weighted by atomic mass is 16.2. The number of amides is 1. The van der Waals surface area contributed by atoms with Gasteiger partial charge in [0.1, 0.15) is 6.04 Å². The lowest BCUT2D eigenvalue weighted by Crippen LogP contribution is -2.49. The highest BCUT2D eigenvalue weighted by Crippen LogP contribution is 2.13. The van der Waals surface area contributed by atoms with Gasteiger partial charge in [-0.25, -0.2) is 0 Å². The van der Waals surface area contributed by atoms with Crippen LogP contribution in [0.25, 0.3) is 0 Å². The number of benzene rings is 1. The Bertz CT molecular complexity index is 393. The van der Waals surface area contributed by atoms with E-state index in [1.807, 2.05) is 25.1 Å². The molecule has 1 amide bonds. The fraction of sp³-hybridized carbons (Fsp3) is 0.500. The van der Waals surface area contributed by atoms with Crippen LogP contribution in [0.5, 0.6) is 0 Å². The molecule has 1 fully saturated rings. The number of hydrogen-bond acceptors (Lipinski definition) is 3. The molecule has 0 spiro atoms. The highest BCUT2D eigenvalue weighted by molar-refractivity contribution is 5.82. The topological polar surface area (TPSA) is 58.4 Å². The number of carbonyl (C=O) groups excluding carboxylic acids is 1. The molecule has 2 rings (SSSR count). The van der Waals surface area contributed by atoms with Crippen LogP contribution in [0.1, 0.15) is 18.9 Å². The molecule has 1 heterocycles. The van der Waals surface area contributed by atoms with Crippen molar-refractivity contribution in [3.8, 4) is 0 Å². The fourth-order valence-electron chi connectivity index (χ4n) is 2.36. The van der Waals surface area contributed by atoms with Gasteiger partial charge in [-0.15, -0.1) is 0 Å². The third kappa shape index (κ3) is 3.09. The van der Waals surface area contributed by atoms with Crippen molar-refractivity contribution < 1.29 is 4.79 Å². The molecule has 98 valence electrons. The number of carbonyl (C=O) groups is 1. The molecule has 18 heavy (non-hydrogen) atoms. The average molecular weight is 247 g/mol. The summed E-state index contributed by atoms with van der Waals surface area (Å²) in [6.45, 7) is 4.09. The van der Waals surface area contributed by atoms with Gasteiger partial charge in [-0.1, -0.05) is 30.3 Å². The van der Waals surface area contributed by atoms with Crippen molar-refractivity contribution in [3.63, 3.8) is 0 Å². The fourth-order valence-corrected chi connectivity index (χ4v) is 2.36. The number of nitrogens with one attached hydrogen (secondary N) is 1. The number of hydrogen-bond donors (Lipinski definition) is 2. The third-order valence-electron chi connectivity index (χ3n) is 3.43. The van der Waals surface area contributed by atoms with Crippen LogP contribution in [0.4, 0.5) is 0 Å². The van der Waals surface area contributed by atoms with E-state index in [2.05, 4.69) is 22.3 Å². The number of rotatable bonds is 3. The van der Waals surface area contributed by atoms with Gasteiger partial charge in [0.2, 0.25) is 5.91 Å². The molecule has 3 N–H and O–H groups in total. The minimum absolute atomic E-state index is 0.0541. The van der Waals surface area contributed by atoms with Gasteiger partial charge >= 0.3 is 0 Å². The lowest BCUT2D eigenvalue weighted by molar-refractivity contribution is -0.125. The van der Waals surface area contributed by atoms with Crippen LogP contribution in [-0.4, -0.2) is 36.0 Å². The molecule has 1 aliphatic rings. The summed E-state index contributed by atoms with van der Waals surface area (Å²) in [5.41, 5.74) is 6.97. The third-order valence-corrected chi connectivity index (χ3v) is 3.43. The largest absolute Gasteiger partial charge is 0.352 e. The molecule has 0 aliphatic carbocycles. The second-order valence-electron chi connectivity index (χ2n) is 4.91. The molecule has 0 aromatic heterocycles. The molecule has 2 atom stereocenters. The Morgan fingerprint density at radius 3 is 2.78 bits per heavy atom. The molecule has 0 radical (unpaired) electrons. The highest BCUT2D eigenvalue weighted by Gasteiger charge is 2.28. The summed E-state index contributed by atoms with van der Waals surface area (Å²) in [7, 11) is 0. The van der Waals surface area contributed by atoms with E-state index in [0.29, 0.717) is 6.54 Å². The molecule has 1 aromatic rings. The Balaban J connectivity index is 2.11. The predicted molar refractivity (Wildman–Crippen MR) is 71.9 cm³/mol. The van der Waals surface area contributed by atoms with Crippen molar-refractivity contribution in [2.24, 2.45) is 5.73 Å². The van der Waals surface area contributed by atoms with Crippen LogP contribution >= 0.6 is 0 Å². The number of nitrogens with zero attached hydrogens (tertiary/aromatic N) is 1. The molecular weight excluding hydrogens is 226 g/mol. The van der Waals surface area contributed by atoms with Gasteiger partial charge in [0.25, 0.3) is 0 Å². The maximum atomic E-state index is 12.0. The van der Waals surface area contributed by atoms with E-state index in [4.69, 9.17) is 5.73 Å². The molecule has 1 aliphatic heterocycles. The van der Waals surface area contributed by atoms with Gasteiger partial charge in [-0.3, -0.25) is 9.69 Å². The monoisotopic (exact) mass is 247 g/mol. The van der Waals surface area contributed by atoms with Crippen LogP contribution in [0, 0.1) is 0 Å². The molecule has 0 saturated carbocycles. The second kappa shape index (κ2) is 5.98. The van der Waals surface area contributed by atoms with Crippen molar-refractivity contribution in [1.82, 2.24) is 10.2 Å². The maximum Gasteiger partial charge on any atom is 0.238 e. The standard InChI is InChI=1S/C14H21N3O/c1-11-7-8-17(13(9-15)14(18)16-11)10-12-5-3-2-4-6-12/h2-6,11,13H,7-10,15H2,1H3,(H,16,18). The summed E-state index contributed by atoms with van der Waals surface area (Å²) in [5.74, 6) is 0.0541. The van der Waals surface area contributed by atoms with Crippen molar-refractivity contribution in [2.45, 2.75) is 32.0 Å². The summed E-state index contributed by atoms with van der Waals surface area (Å²) < 4.78 is 0. The summed E-state index contributed by atoms with van der Waals surface area (Å²) in [5, 5.41) is 3.00. The first-order valence-corrected chi connectivity index (χ1v) is 6.49. The summed E-state index contributed by atoms with van der Waals surface area (Å²) in [6, 6.07) is 10.2. The zero-order chi connectivity index (χ0) is 13.0. The van der Waals surface area contributed by atoms with Gasteiger partial charge < -0.3 is 11.1 Å². The molecule has 4 nitrogen and oxygen atoms in total. The maximum absolute atomic E-state index is 12.0. The van der Waals surface area contributed by atoms with Crippen LogP contribution in [0.15, 0.2) is 30.3 Å². The van der Waals surface area contributed by atoms with Gasteiger partial charge in [0, 0.05) is 25.7 Å². The molecule has 1 saturated heterocycles. The lowest BCUT2D eigenvalue weighted by atomic mass is 10.1. The van der Waals surface area contributed by atoms with Crippen LogP contribution in [-0.2, 0) is 11.3 Å². The zero-order valence-electron chi connectivity index (χ0n) is 10.8. The Morgan fingerprint density at radius 2 is 2.11 bits per heavy atom. The van der Waals surface area contributed by atoms with E-state index in [1.54, 1.807) is 0 Å². The smallest absolute Gasteiger partial charge is 0.238 e. The Kier molecular flexibility index (Phi) is 4.33. The van der Waals surface area contributed by atoms with Crippen molar-refractivity contribution >= 4 is 5.91 Å². The van der Waals surface area contributed by atoms with Crippen LogP contribution < -0.4 is 11.1 Å². The SMILES string of the molecule is CC1CCN(Cc2ccccc2)C(CN)C(=O)N1. The average Bonchev–Trinajstić information content (AvgIpc) is 2.50. The van der Waals surface area contributed by atoms with E-state index in [9.17, 15) is 4.79 Å². The van der Waals surface area contributed by atoms with Gasteiger partial charge in [0.15, 0.2) is 0 Å². The first-order valence-electron chi connectivity index (χ1n) is 6.49. The van der Waals surface area contributed by atoms with E-state index in [-0.39, 0.29) is 18.0 Å². The Hall–Kier alpha value is -1.39. The van der Waals surface area contributed by atoms with E-state index in [1.165, 1.54) is 5.56 Å². The Labute approximate surface area is 108 Å². The predicted octanol–water partition coefficient (Wildman–Crippen LogP) is 0.724. The molecular formula is C14H21N3O. The summed E-state index contributed by atoms with van der Waals surface area (Å²) in [6.07, 6.45) is 0.967. The quantitative estimate of drug-likeness (QED) is 0.827. The van der Waals surface area contributed by atoms with Crippen molar-refractivity contribution in [2.75, 3.05) is 13.1 Å². The minimum Gasteiger partial charge on any atom is -0.352 e. The Morgan fingerprint density at radius 1 is 1.39 bits per heavy atom. The normalized spacial score (nSPS) is 25.6. The second-order valence-corrected chi connectivity index (χ2v) is 4.91. The molecule has 1 aromatic carbocycles. The zero-order valence-corrected chi connectivity index (χ0v) is 10.8.